The van der Waals surface area contributed by atoms with Crippen molar-refractivity contribution in [1.29, 1.82) is 0 Å². The van der Waals surface area contributed by atoms with Gasteiger partial charge >= 0.3 is 0 Å². The fourth-order valence-corrected chi connectivity index (χ4v) is 4.14. The molecule has 1 unspecified atom stereocenters. The molecule has 4 heteroatoms. The van der Waals surface area contributed by atoms with Crippen molar-refractivity contribution in [3.8, 4) is 0 Å². The predicted octanol–water partition coefficient (Wildman–Crippen LogP) is 1.84. The molecule has 0 spiro atoms. The molecule has 2 amide bonds. The average molecular weight is 264 g/mol. The van der Waals surface area contributed by atoms with Gasteiger partial charge in [-0.05, 0) is 31.6 Å². The largest absolute Gasteiger partial charge is 0.345 e. The summed E-state index contributed by atoms with van der Waals surface area (Å²) in [5, 5.41) is 2.80. The molecule has 1 N–H and O–H groups in total. The van der Waals surface area contributed by atoms with Crippen LogP contribution in [0, 0.1) is 5.92 Å². The van der Waals surface area contributed by atoms with E-state index in [9.17, 15) is 9.59 Å². The third kappa shape index (κ3) is 2.49. The molecule has 2 aliphatic carbocycles. The summed E-state index contributed by atoms with van der Waals surface area (Å²) in [4.78, 5) is 26.6. The van der Waals surface area contributed by atoms with Gasteiger partial charge in [0.1, 0.15) is 6.04 Å². The summed E-state index contributed by atoms with van der Waals surface area (Å²) in [6.45, 7) is 0.207. The van der Waals surface area contributed by atoms with Crippen LogP contribution in [0.4, 0.5) is 0 Å². The molecule has 1 heterocycles. The smallest absolute Gasteiger partial charge is 0.243 e. The minimum absolute atomic E-state index is 0.0957. The van der Waals surface area contributed by atoms with Crippen LogP contribution in [-0.2, 0) is 9.59 Å². The molecule has 106 valence electrons. The normalized spacial score (nSPS) is 30.7. The quantitative estimate of drug-likeness (QED) is 0.827. The number of nitrogens with one attached hydrogen (secondary N) is 1. The first-order valence-corrected chi connectivity index (χ1v) is 7.86. The molecule has 0 bridgehead atoms. The van der Waals surface area contributed by atoms with E-state index in [1.165, 1.54) is 32.1 Å². The van der Waals surface area contributed by atoms with Gasteiger partial charge in [-0.2, -0.15) is 0 Å². The second kappa shape index (κ2) is 5.51. The van der Waals surface area contributed by atoms with Crippen molar-refractivity contribution in [2.75, 3.05) is 6.54 Å². The number of hydrogen-bond acceptors (Lipinski definition) is 2. The van der Waals surface area contributed by atoms with Gasteiger partial charge in [0, 0.05) is 6.04 Å². The summed E-state index contributed by atoms with van der Waals surface area (Å²) in [7, 11) is 0. The van der Waals surface area contributed by atoms with Crippen molar-refractivity contribution in [1.82, 2.24) is 10.2 Å². The second-order valence-corrected chi connectivity index (χ2v) is 6.30. The second-order valence-electron chi connectivity index (χ2n) is 6.30. The number of piperazine rings is 1. The summed E-state index contributed by atoms with van der Waals surface area (Å²) in [5.41, 5.74) is 0. The molecule has 3 aliphatic rings. The minimum Gasteiger partial charge on any atom is -0.345 e. The van der Waals surface area contributed by atoms with Crippen LogP contribution >= 0.6 is 0 Å². The van der Waals surface area contributed by atoms with E-state index >= 15 is 0 Å². The molecule has 3 rings (SSSR count). The van der Waals surface area contributed by atoms with Crippen LogP contribution in [0.3, 0.4) is 0 Å². The lowest BCUT2D eigenvalue weighted by Crippen LogP contribution is -2.63. The first-order valence-electron chi connectivity index (χ1n) is 7.86. The van der Waals surface area contributed by atoms with Crippen LogP contribution in [0.1, 0.15) is 57.8 Å². The maximum absolute atomic E-state index is 12.3. The van der Waals surface area contributed by atoms with Gasteiger partial charge in [0.2, 0.25) is 11.8 Å². The van der Waals surface area contributed by atoms with E-state index in [2.05, 4.69) is 5.32 Å². The van der Waals surface area contributed by atoms with Crippen LogP contribution in [0.2, 0.25) is 0 Å². The summed E-state index contributed by atoms with van der Waals surface area (Å²) >= 11 is 0. The Balaban J connectivity index is 1.81. The third-order valence-electron chi connectivity index (χ3n) is 5.08. The lowest BCUT2D eigenvalue weighted by Gasteiger charge is -2.43. The molecule has 1 atom stereocenters. The lowest BCUT2D eigenvalue weighted by atomic mass is 9.81. The number of carbonyl (C=O) groups is 2. The van der Waals surface area contributed by atoms with E-state index in [0.29, 0.717) is 12.0 Å². The molecule has 0 aromatic rings. The average Bonchev–Trinajstić information content (AvgIpc) is 2.96. The molecular weight excluding hydrogens is 240 g/mol. The topological polar surface area (TPSA) is 49.4 Å². The van der Waals surface area contributed by atoms with Crippen molar-refractivity contribution in [3.63, 3.8) is 0 Å². The maximum Gasteiger partial charge on any atom is 0.243 e. The summed E-state index contributed by atoms with van der Waals surface area (Å²) in [6, 6.07) is 0.148. The molecule has 1 saturated heterocycles. The number of amides is 2. The van der Waals surface area contributed by atoms with E-state index in [4.69, 9.17) is 0 Å². The fraction of sp³-hybridized carbons (Fsp3) is 0.867. The Bertz CT molecular complexity index is 357. The van der Waals surface area contributed by atoms with Gasteiger partial charge < -0.3 is 10.2 Å². The van der Waals surface area contributed by atoms with Crippen LogP contribution in [0.5, 0.6) is 0 Å². The Morgan fingerprint density at radius 3 is 2.21 bits per heavy atom. The molecule has 3 fully saturated rings. The summed E-state index contributed by atoms with van der Waals surface area (Å²) in [5.74, 6) is 0.624. The van der Waals surface area contributed by atoms with E-state index in [0.717, 1.165) is 25.7 Å². The summed E-state index contributed by atoms with van der Waals surface area (Å²) in [6.07, 6.45) is 10.5. The zero-order chi connectivity index (χ0) is 13.2. The van der Waals surface area contributed by atoms with Crippen molar-refractivity contribution < 1.29 is 9.59 Å². The van der Waals surface area contributed by atoms with E-state index in [1.54, 1.807) is 0 Å². The molecular formula is C15H24N2O2. The first kappa shape index (κ1) is 12.9. The Morgan fingerprint density at radius 2 is 1.53 bits per heavy atom. The van der Waals surface area contributed by atoms with Gasteiger partial charge in [-0.15, -0.1) is 0 Å². The molecule has 0 aromatic heterocycles. The van der Waals surface area contributed by atoms with Crippen LogP contribution < -0.4 is 5.32 Å². The summed E-state index contributed by atoms with van der Waals surface area (Å²) < 4.78 is 0. The van der Waals surface area contributed by atoms with E-state index in [-0.39, 0.29) is 24.4 Å². The molecule has 1 aliphatic heterocycles. The number of nitrogens with zero attached hydrogens (tertiary/aromatic N) is 1. The molecule has 19 heavy (non-hydrogen) atoms. The first-order chi connectivity index (χ1) is 9.27. The molecule has 2 saturated carbocycles. The Labute approximate surface area is 114 Å². The Morgan fingerprint density at radius 1 is 0.895 bits per heavy atom. The fourth-order valence-electron chi connectivity index (χ4n) is 4.14. The van der Waals surface area contributed by atoms with Crippen molar-refractivity contribution in [2.45, 2.75) is 69.9 Å². The highest BCUT2D eigenvalue weighted by Crippen LogP contribution is 2.34. The van der Waals surface area contributed by atoms with Gasteiger partial charge in [-0.1, -0.05) is 32.1 Å². The third-order valence-corrected chi connectivity index (χ3v) is 5.08. The molecule has 0 aromatic carbocycles. The van der Waals surface area contributed by atoms with E-state index in [1.807, 2.05) is 4.90 Å². The molecule has 4 nitrogen and oxygen atoms in total. The number of rotatable bonds is 2. The minimum atomic E-state index is -0.176. The number of hydrogen-bond donors (Lipinski definition) is 1. The van der Waals surface area contributed by atoms with Crippen molar-refractivity contribution in [2.24, 2.45) is 5.92 Å². The van der Waals surface area contributed by atoms with Crippen LogP contribution in [0.25, 0.3) is 0 Å². The highest BCUT2D eigenvalue weighted by atomic mass is 16.2. The highest BCUT2D eigenvalue weighted by molar-refractivity contribution is 5.95. The zero-order valence-electron chi connectivity index (χ0n) is 11.6. The Hall–Kier alpha value is -1.06. The zero-order valence-corrected chi connectivity index (χ0v) is 11.6. The SMILES string of the molecule is O=C1NCC(=O)N(C2CCCC2)C1C1CCCCC1. The lowest BCUT2D eigenvalue weighted by molar-refractivity contribution is -0.151. The van der Waals surface area contributed by atoms with E-state index < -0.39 is 0 Å². The maximum atomic E-state index is 12.3. The number of carbonyl (C=O) groups excluding carboxylic acids is 2. The standard InChI is InChI=1S/C15H24N2O2/c18-13-10-16-15(19)14(11-6-2-1-3-7-11)17(13)12-8-4-5-9-12/h11-12,14H,1-10H2,(H,16,19). The van der Waals surface area contributed by atoms with Gasteiger partial charge in [0.05, 0.1) is 6.54 Å². The Kier molecular flexibility index (Phi) is 3.76. The van der Waals surface area contributed by atoms with Gasteiger partial charge in [-0.3, -0.25) is 9.59 Å². The van der Waals surface area contributed by atoms with Crippen LogP contribution in [0.15, 0.2) is 0 Å². The predicted molar refractivity (Wildman–Crippen MR) is 72.5 cm³/mol. The molecule has 0 radical (unpaired) electrons. The van der Waals surface area contributed by atoms with Crippen molar-refractivity contribution in [3.05, 3.63) is 0 Å². The van der Waals surface area contributed by atoms with Gasteiger partial charge in [0.25, 0.3) is 0 Å². The van der Waals surface area contributed by atoms with Gasteiger partial charge in [0.15, 0.2) is 0 Å². The highest BCUT2D eigenvalue weighted by Gasteiger charge is 2.43. The van der Waals surface area contributed by atoms with Crippen molar-refractivity contribution >= 4 is 11.8 Å². The van der Waals surface area contributed by atoms with Gasteiger partial charge in [-0.25, -0.2) is 0 Å². The monoisotopic (exact) mass is 264 g/mol. The van der Waals surface area contributed by atoms with Crippen LogP contribution in [-0.4, -0.2) is 35.3 Å².